The molecule has 0 radical (unpaired) electrons. The van der Waals surface area contributed by atoms with Crippen molar-refractivity contribution < 1.29 is 58.7 Å². The van der Waals surface area contributed by atoms with Gasteiger partial charge in [0.2, 0.25) is 5.91 Å². The molecule has 1 aliphatic heterocycles. The molecule has 1 unspecified atom stereocenters. The van der Waals surface area contributed by atoms with E-state index in [4.69, 9.17) is 20.9 Å². The fraction of sp³-hybridized carbons (Fsp3) is 0.265. The summed E-state index contributed by atoms with van der Waals surface area (Å²) in [5.41, 5.74) is 12.5. The number of phenols is 1. The number of guanidine groups is 1. The first-order chi connectivity index (χ1) is 24.2. The third-order valence-corrected chi connectivity index (χ3v) is 7.63. The molecule has 17 heteroatoms. The summed E-state index contributed by atoms with van der Waals surface area (Å²) in [5, 5.41) is 40.4. The molecule has 1 atom stereocenters. The molecule has 9 N–H and O–H groups in total. The van der Waals surface area contributed by atoms with Crippen molar-refractivity contribution in [2.45, 2.75) is 38.1 Å². The number of ether oxygens (including phenoxy) is 2. The third-order valence-electron chi connectivity index (χ3n) is 7.63. The molecule has 0 aromatic heterocycles. The van der Waals surface area contributed by atoms with Gasteiger partial charge >= 0.3 is 23.9 Å². The molecule has 4 rings (SSSR count). The van der Waals surface area contributed by atoms with Gasteiger partial charge in [-0.2, -0.15) is 0 Å². The van der Waals surface area contributed by atoms with Crippen LogP contribution in [0.15, 0.2) is 59.6 Å². The molecule has 3 aromatic rings. The zero-order valence-electron chi connectivity index (χ0n) is 27.0. The minimum Gasteiger partial charge on any atom is -0.508 e. The van der Waals surface area contributed by atoms with Crippen LogP contribution in [0.1, 0.15) is 50.2 Å². The molecule has 1 aliphatic rings. The summed E-state index contributed by atoms with van der Waals surface area (Å²) in [4.78, 5) is 79.9. The second kappa shape index (κ2) is 16.6. The lowest BCUT2D eigenvalue weighted by molar-refractivity contribution is -0.149. The Bertz CT molecular complexity index is 1860. The van der Waals surface area contributed by atoms with Gasteiger partial charge in [-0.3, -0.25) is 19.2 Å². The molecule has 0 aliphatic carbocycles. The van der Waals surface area contributed by atoms with Gasteiger partial charge in [0, 0.05) is 12.8 Å². The number of nitrogens with one attached hydrogen (secondary N) is 1. The lowest BCUT2D eigenvalue weighted by Gasteiger charge is -2.23. The zero-order chi connectivity index (χ0) is 37.2. The maximum absolute atomic E-state index is 14.0. The van der Waals surface area contributed by atoms with E-state index >= 15 is 0 Å². The van der Waals surface area contributed by atoms with Crippen LogP contribution in [0, 0.1) is 0 Å². The maximum Gasteiger partial charge on any atom is 0.343 e. The number of carboxylic acid groups (broad SMARTS) is 3. The van der Waals surface area contributed by atoms with Crippen molar-refractivity contribution >= 4 is 47.3 Å². The van der Waals surface area contributed by atoms with E-state index in [2.05, 4.69) is 10.3 Å². The van der Waals surface area contributed by atoms with E-state index in [1.807, 2.05) is 0 Å². The number of rotatable bonds is 13. The number of aliphatic carboxylic acids is 3. The van der Waals surface area contributed by atoms with Crippen LogP contribution in [0.3, 0.4) is 0 Å². The van der Waals surface area contributed by atoms with Gasteiger partial charge in [0.1, 0.15) is 24.9 Å². The van der Waals surface area contributed by atoms with E-state index in [0.717, 1.165) is 0 Å². The summed E-state index contributed by atoms with van der Waals surface area (Å²) >= 11 is 0. The monoisotopic (exact) mass is 705 g/mol. The summed E-state index contributed by atoms with van der Waals surface area (Å²) in [5.74, 6) is -7.49. The number of nitrogens with two attached hydrogens (primary N) is 2. The summed E-state index contributed by atoms with van der Waals surface area (Å²) in [6, 6.07) is 11.5. The Labute approximate surface area is 290 Å². The number of carbonyl (C=O) groups is 6. The van der Waals surface area contributed by atoms with Crippen LogP contribution in [0.2, 0.25) is 0 Å². The van der Waals surface area contributed by atoms with Crippen molar-refractivity contribution in [1.29, 1.82) is 0 Å². The van der Waals surface area contributed by atoms with Crippen molar-refractivity contribution in [2.24, 2.45) is 16.5 Å². The maximum atomic E-state index is 14.0. The molecule has 0 saturated heterocycles. The van der Waals surface area contributed by atoms with Gasteiger partial charge in [-0.15, -0.1) is 0 Å². The molecule has 0 bridgehead atoms. The van der Waals surface area contributed by atoms with Crippen LogP contribution in [-0.4, -0.2) is 92.7 Å². The van der Waals surface area contributed by atoms with Crippen LogP contribution < -0.4 is 26.3 Å². The minimum absolute atomic E-state index is 0.0138. The summed E-state index contributed by atoms with van der Waals surface area (Å²) in [7, 11) is 0. The molecule has 1 heterocycles. The number of aryl methyl sites for hydroxylation is 2. The summed E-state index contributed by atoms with van der Waals surface area (Å²) in [6.07, 6.45) is -0.237. The standard InChI is InChI=1S/C34H35N5O12/c35-34(36)37-21-7-10-23-20(15-21)2-1-13-50-30-25(51-33(23)49)11-5-19(6-12-26(41)39(16-27(42)43)17-28(44)45)29(30)31(46)38-24(32(47)48)14-18-3-8-22(40)9-4-18/h3-5,7-11,15,24,40H,1-2,6,12-14,16-17H2,(H,38,46)(H,42,43)(H,44,45)(H,47,48)(H4,35,36,37). The van der Waals surface area contributed by atoms with Crippen molar-refractivity contribution in [3.8, 4) is 17.2 Å². The highest BCUT2D eigenvalue weighted by Gasteiger charge is 2.30. The normalized spacial score (nSPS) is 12.8. The van der Waals surface area contributed by atoms with E-state index in [1.54, 1.807) is 6.07 Å². The highest BCUT2D eigenvalue weighted by atomic mass is 16.6. The van der Waals surface area contributed by atoms with Crippen molar-refractivity contribution in [2.75, 3.05) is 19.7 Å². The number of amides is 2. The molecule has 17 nitrogen and oxygen atoms in total. The first-order valence-electron chi connectivity index (χ1n) is 15.5. The Balaban J connectivity index is 1.73. The molecule has 0 saturated carbocycles. The van der Waals surface area contributed by atoms with E-state index in [1.165, 1.54) is 48.5 Å². The van der Waals surface area contributed by atoms with Crippen LogP contribution in [0.4, 0.5) is 5.69 Å². The Morgan fingerprint density at radius 3 is 2.25 bits per heavy atom. The second-order valence-corrected chi connectivity index (χ2v) is 11.4. The number of fused-ring (bicyclic) bond motifs is 2. The number of aliphatic imine (C=N–C) groups is 1. The van der Waals surface area contributed by atoms with Crippen LogP contribution in [0.5, 0.6) is 17.2 Å². The lowest BCUT2D eigenvalue weighted by Crippen LogP contribution is -2.43. The largest absolute Gasteiger partial charge is 0.508 e. The SMILES string of the molecule is NC(N)=Nc1ccc2c(c1)CCCOc1c(ccc(CCC(=O)N(CC(=O)O)CC(=O)O)c1C(=O)NC(Cc1ccc(O)cc1)C(=O)O)OC2=O. The van der Waals surface area contributed by atoms with Crippen LogP contribution in [0.25, 0.3) is 0 Å². The predicted octanol–water partition coefficient (Wildman–Crippen LogP) is 1.20. The van der Waals surface area contributed by atoms with Gasteiger partial charge in [0.25, 0.3) is 5.91 Å². The number of phenolic OH excluding ortho intramolecular Hbond substituents is 1. The number of aromatic hydroxyl groups is 1. The topological polar surface area (TPSA) is 281 Å². The lowest BCUT2D eigenvalue weighted by atomic mass is 9.98. The van der Waals surface area contributed by atoms with Gasteiger partial charge < -0.3 is 51.6 Å². The number of carbonyl (C=O) groups excluding carboxylic acids is 3. The highest BCUT2D eigenvalue weighted by Crippen LogP contribution is 2.37. The Morgan fingerprint density at radius 1 is 0.941 bits per heavy atom. The molecule has 2 amide bonds. The molecule has 3 aromatic carbocycles. The second-order valence-electron chi connectivity index (χ2n) is 11.4. The predicted molar refractivity (Wildman–Crippen MR) is 178 cm³/mol. The number of esters is 1. The highest BCUT2D eigenvalue weighted by molar-refractivity contribution is 6.02. The smallest absolute Gasteiger partial charge is 0.343 e. The van der Waals surface area contributed by atoms with Gasteiger partial charge in [-0.1, -0.05) is 18.2 Å². The first-order valence-corrected chi connectivity index (χ1v) is 15.5. The molecule has 0 spiro atoms. The Hall–Kier alpha value is -6.65. The Morgan fingerprint density at radius 2 is 1.63 bits per heavy atom. The zero-order valence-corrected chi connectivity index (χ0v) is 27.0. The van der Waals surface area contributed by atoms with E-state index in [0.29, 0.717) is 34.6 Å². The molecule has 51 heavy (non-hydrogen) atoms. The van der Waals surface area contributed by atoms with Gasteiger partial charge in [0.15, 0.2) is 17.5 Å². The average molecular weight is 706 g/mol. The van der Waals surface area contributed by atoms with Gasteiger partial charge in [0.05, 0.1) is 23.4 Å². The first kappa shape index (κ1) is 37.2. The number of nitrogens with zero attached hydrogens (tertiary/aromatic N) is 2. The average Bonchev–Trinajstić information content (AvgIpc) is 3.05. The van der Waals surface area contributed by atoms with E-state index < -0.39 is 61.2 Å². The number of hydrogen-bond acceptors (Lipinski definition) is 10. The van der Waals surface area contributed by atoms with Crippen molar-refractivity contribution in [1.82, 2.24) is 10.2 Å². The molecular weight excluding hydrogens is 670 g/mol. The van der Waals surface area contributed by atoms with Gasteiger partial charge in [-0.25, -0.2) is 14.6 Å². The number of hydrogen-bond donors (Lipinski definition) is 7. The molecule has 0 fully saturated rings. The van der Waals surface area contributed by atoms with Crippen molar-refractivity contribution in [3.63, 3.8) is 0 Å². The van der Waals surface area contributed by atoms with Crippen molar-refractivity contribution in [3.05, 3.63) is 82.4 Å². The fourth-order valence-electron chi connectivity index (χ4n) is 5.34. The van der Waals surface area contributed by atoms with Crippen LogP contribution in [-0.2, 0) is 38.4 Å². The number of carboxylic acids is 3. The fourth-order valence-corrected chi connectivity index (χ4v) is 5.34. The Kier molecular flexibility index (Phi) is 12.1. The van der Waals surface area contributed by atoms with Crippen LogP contribution >= 0.6 is 0 Å². The summed E-state index contributed by atoms with van der Waals surface area (Å²) < 4.78 is 11.7. The molecular formula is C34H35N5O12. The van der Waals surface area contributed by atoms with Gasteiger partial charge in [-0.05, 0) is 72.4 Å². The minimum atomic E-state index is -1.48. The number of benzene rings is 3. The third kappa shape index (κ3) is 10.2. The van der Waals surface area contributed by atoms with E-state index in [9.17, 15) is 49.2 Å². The quantitative estimate of drug-likeness (QED) is 0.0570. The summed E-state index contributed by atoms with van der Waals surface area (Å²) in [6.45, 7) is -1.78. The molecule has 268 valence electrons. The van der Waals surface area contributed by atoms with E-state index in [-0.39, 0.29) is 59.3 Å².